The minimum absolute atomic E-state index is 0.00144. The normalized spacial score (nSPS) is 16.9. The predicted molar refractivity (Wildman–Crippen MR) is 84.1 cm³/mol. The lowest BCUT2D eigenvalue weighted by Gasteiger charge is -2.09. The molecule has 0 aromatic heterocycles. The molecule has 5 heteroatoms. The van der Waals surface area contributed by atoms with Crippen molar-refractivity contribution in [3.8, 4) is 16.9 Å². The largest absolute Gasteiger partial charge is 0.487 e. The highest BCUT2D eigenvalue weighted by molar-refractivity contribution is 6.36. The van der Waals surface area contributed by atoms with Gasteiger partial charge in [-0.05, 0) is 29.8 Å². The summed E-state index contributed by atoms with van der Waals surface area (Å²) in [6.07, 6.45) is 0.767. The fourth-order valence-corrected chi connectivity index (χ4v) is 3.20. The van der Waals surface area contributed by atoms with Gasteiger partial charge in [0, 0.05) is 34.1 Å². The minimum atomic E-state index is -0.00144. The molecule has 3 rings (SSSR count). The maximum Gasteiger partial charge on any atom is 0.141 e. The highest BCUT2D eigenvalue weighted by Crippen LogP contribution is 2.41. The van der Waals surface area contributed by atoms with Crippen LogP contribution in [0.3, 0.4) is 0 Å². The van der Waals surface area contributed by atoms with E-state index in [1.54, 1.807) is 6.07 Å². The lowest BCUT2D eigenvalue weighted by molar-refractivity contribution is 0.241. The monoisotopic (exact) mass is 327 g/mol. The summed E-state index contributed by atoms with van der Waals surface area (Å²) >= 11 is 18.5. The second-order valence-electron chi connectivity index (χ2n) is 4.75. The SMILES string of the molecule is NCC1Cc2cc(-c3ccc(Cl)cc3Cl)cc(Cl)c2O1. The zero-order valence-electron chi connectivity index (χ0n) is 10.5. The Labute approximate surface area is 132 Å². The molecule has 2 nitrogen and oxygen atoms in total. The first-order chi connectivity index (χ1) is 9.58. The van der Waals surface area contributed by atoms with E-state index in [1.807, 2.05) is 24.3 Å². The highest BCUT2D eigenvalue weighted by Gasteiger charge is 2.25. The number of ether oxygens (including phenoxy) is 1. The highest BCUT2D eigenvalue weighted by atomic mass is 35.5. The minimum Gasteiger partial charge on any atom is -0.487 e. The summed E-state index contributed by atoms with van der Waals surface area (Å²) in [5, 5.41) is 1.79. The third kappa shape index (κ3) is 2.49. The molecule has 0 aliphatic carbocycles. The van der Waals surface area contributed by atoms with Crippen molar-refractivity contribution in [1.82, 2.24) is 0 Å². The molecule has 0 fully saturated rings. The smallest absolute Gasteiger partial charge is 0.141 e. The first-order valence-electron chi connectivity index (χ1n) is 6.23. The molecule has 0 saturated heterocycles. The van der Waals surface area contributed by atoms with Gasteiger partial charge in [0.25, 0.3) is 0 Å². The summed E-state index contributed by atoms with van der Waals surface area (Å²) in [6.45, 7) is 0.474. The summed E-state index contributed by atoms with van der Waals surface area (Å²) in [4.78, 5) is 0. The average molecular weight is 329 g/mol. The van der Waals surface area contributed by atoms with E-state index >= 15 is 0 Å². The molecule has 2 aromatic rings. The molecular formula is C15H12Cl3NO. The molecule has 2 aromatic carbocycles. The van der Waals surface area contributed by atoms with E-state index in [2.05, 4.69) is 0 Å². The van der Waals surface area contributed by atoms with E-state index in [-0.39, 0.29) is 6.10 Å². The number of halogens is 3. The maximum atomic E-state index is 6.30. The average Bonchev–Trinajstić information content (AvgIpc) is 2.82. The van der Waals surface area contributed by atoms with E-state index in [1.165, 1.54) is 0 Å². The summed E-state index contributed by atoms with van der Waals surface area (Å²) < 4.78 is 5.72. The van der Waals surface area contributed by atoms with E-state index in [9.17, 15) is 0 Å². The van der Waals surface area contributed by atoms with Crippen LogP contribution in [0.25, 0.3) is 11.1 Å². The zero-order valence-corrected chi connectivity index (χ0v) is 12.8. The Morgan fingerprint density at radius 1 is 1.10 bits per heavy atom. The van der Waals surface area contributed by atoms with Crippen molar-refractivity contribution in [2.75, 3.05) is 6.54 Å². The number of benzene rings is 2. The molecule has 0 saturated carbocycles. The van der Waals surface area contributed by atoms with Gasteiger partial charge in [-0.15, -0.1) is 0 Å². The Morgan fingerprint density at radius 3 is 2.60 bits per heavy atom. The van der Waals surface area contributed by atoms with Crippen molar-refractivity contribution >= 4 is 34.8 Å². The molecule has 1 aliphatic rings. The van der Waals surface area contributed by atoms with Crippen LogP contribution in [0.2, 0.25) is 15.1 Å². The van der Waals surface area contributed by atoms with Gasteiger partial charge in [0.1, 0.15) is 11.9 Å². The van der Waals surface area contributed by atoms with Gasteiger partial charge in [0.2, 0.25) is 0 Å². The Balaban J connectivity index is 2.07. The summed E-state index contributed by atoms with van der Waals surface area (Å²) in [6, 6.07) is 9.32. The van der Waals surface area contributed by atoms with Crippen molar-refractivity contribution in [2.24, 2.45) is 5.73 Å². The molecule has 0 amide bonds. The number of fused-ring (bicyclic) bond motifs is 1. The van der Waals surface area contributed by atoms with Crippen LogP contribution in [0.1, 0.15) is 5.56 Å². The quantitative estimate of drug-likeness (QED) is 0.876. The van der Waals surface area contributed by atoms with Gasteiger partial charge in [0.15, 0.2) is 0 Å². The zero-order chi connectivity index (χ0) is 14.3. The number of nitrogens with two attached hydrogens (primary N) is 1. The molecule has 2 N–H and O–H groups in total. The summed E-state index contributed by atoms with van der Waals surface area (Å²) in [5.41, 5.74) is 8.57. The standard InChI is InChI=1S/C15H12Cl3NO/c16-10-1-2-12(13(17)6-10)8-3-9-4-11(7-19)20-15(9)14(18)5-8/h1-3,5-6,11H,4,7,19H2. The van der Waals surface area contributed by atoms with Crippen LogP contribution in [0.4, 0.5) is 0 Å². The van der Waals surface area contributed by atoms with Gasteiger partial charge in [-0.3, -0.25) is 0 Å². The first-order valence-corrected chi connectivity index (χ1v) is 7.36. The molecule has 1 heterocycles. The molecule has 0 spiro atoms. The van der Waals surface area contributed by atoms with Crippen LogP contribution in [0.5, 0.6) is 5.75 Å². The van der Waals surface area contributed by atoms with Crippen molar-refractivity contribution in [3.05, 3.63) is 51.0 Å². The molecule has 20 heavy (non-hydrogen) atoms. The Bertz CT molecular complexity index is 672. The van der Waals surface area contributed by atoms with E-state index in [0.717, 1.165) is 28.9 Å². The van der Waals surface area contributed by atoms with Gasteiger partial charge in [0.05, 0.1) is 5.02 Å². The molecule has 104 valence electrons. The second-order valence-corrected chi connectivity index (χ2v) is 6.00. The Morgan fingerprint density at radius 2 is 1.90 bits per heavy atom. The lowest BCUT2D eigenvalue weighted by Crippen LogP contribution is -2.24. The number of hydrogen-bond acceptors (Lipinski definition) is 2. The van der Waals surface area contributed by atoms with E-state index in [0.29, 0.717) is 21.6 Å². The molecule has 1 aliphatic heterocycles. The predicted octanol–water partition coefficient (Wildman–Crippen LogP) is 4.58. The van der Waals surface area contributed by atoms with Crippen molar-refractivity contribution in [1.29, 1.82) is 0 Å². The molecule has 1 atom stereocenters. The van der Waals surface area contributed by atoms with Gasteiger partial charge in [-0.25, -0.2) is 0 Å². The lowest BCUT2D eigenvalue weighted by atomic mass is 10.0. The molecule has 0 bridgehead atoms. The van der Waals surface area contributed by atoms with Gasteiger partial charge < -0.3 is 10.5 Å². The molecular weight excluding hydrogens is 317 g/mol. The van der Waals surface area contributed by atoms with E-state index in [4.69, 9.17) is 45.3 Å². The molecule has 0 radical (unpaired) electrons. The Hall–Kier alpha value is -0.930. The number of hydrogen-bond donors (Lipinski definition) is 1. The summed E-state index contributed by atoms with van der Waals surface area (Å²) in [7, 11) is 0. The summed E-state index contributed by atoms with van der Waals surface area (Å²) in [5.74, 6) is 0.732. The van der Waals surface area contributed by atoms with Crippen LogP contribution < -0.4 is 10.5 Å². The number of rotatable bonds is 2. The van der Waals surface area contributed by atoms with Crippen molar-refractivity contribution < 1.29 is 4.74 Å². The fourth-order valence-electron chi connectivity index (χ4n) is 2.40. The van der Waals surface area contributed by atoms with Crippen LogP contribution in [0.15, 0.2) is 30.3 Å². The van der Waals surface area contributed by atoms with Gasteiger partial charge >= 0.3 is 0 Å². The topological polar surface area (TPSA) is 35.2 Å². The second kappa shape index (κ2) is 5.45. The maximum absolute atomic E-state index is 6.30. The first kappa shape index (κ1) is 14.0. The van der Waals surface area contributed by atoms with Crippen LogP contribution in [-0.4, -0.2) is 12.6 Å². The van der Waals surface area contributed by atoms with Crippen molar-refractivity contribution in [2.45, 2.75) is 12.5 Å². The molecule has 1 unspecified atom stereocenters. The van der Waals surface area contributed by atoms with Crippen LogP contribution >= 0.6 is 34.8 Å². The van der Waals surface area contributed by atoms with Gasteiger partial charge in [-0.2, -0.15) is 0 Å². The third-order valence-electron chi connectivity index (χ3n) is 3.36. The third-order valence-corrected chi connectivity index (χ3v) is 4.19. The van der Waals surface area contributed by atoms with E-state index < -0.39 is 0 Å². The Kier molecular flexibility index (Phi) is 3.83. The van der Waals surface area contributed by atoms with Crippen molar-refractivity contribution in [3.63, 3.8) is 0 Å². The van der Waals surface area contributed by atoms with Crippen LogP contribution in [0, 0.1) is 0 Å². The van der Waals surface area contributed by atoms with Crippen LogP contribution in [-0.2, 0) is 6.42 Å². The van der Waals surface area contributed by atoms with Gasteiger partial charge in [-0.1, -0.05) is 40.9 Å². The fraction of sp³-hybridized carbons (Fsp3) is 0.200.